The molecule has 2 aromatic carbocycles. The van der Waals surface area contributed by atoms with Gasteiger partial charge in [0.15, 0.2) is 0 Å². The normalized spacial score (nSPS) is 10.3. The minimum absolute atomic E-state index is 0.104. The number of rotatable bonds is 4. The lowest BCUT2D eigenvalue weighted by Gasteiger charge is -2.09. The van der Waals surface area contributed by atoms with Crippen molar-refractivity contribution in [3.63, 3.8) is 0 Å². The Hall–Kier alpha value is -1.40. The molecule has 0 radical (unpaired) electrons. The molecule has 20 heavy (non-hydrogen) atoms. The number of hydrogen-bond donors (Lipinski definition) is 2. The van der Waals surface area contributed by atoms with Crippen LogP contribution in [0.1, 0.15) is 21.5 Å². The molecule has 2 rings (SSSR count). The zero-order valence-electron chi connectivity index (χ0n) is 11.2. The number of nitrogens with one attached hydrogen (secondary N) is 1. The molecule has 0 aliphatic carbocycles. The van der Waals surface area contributed by atoms with Gasteiger partial charge in [-0.1, -0.05) is 24.3 Å². The number of anilines is 1. The van der Waals surface area contributed by atoms with Crippen LogP contribution in [-0.2, 0) is 6.42 Å². The molecule has 0 unspecified atom stereocenters. The van der Waals surface area contributed by atoms with Crippen molar-refractivity contribution in [2.24, 2.45) is 0 Å². The number of halogens is 1. The third kappa shape index (κ3) is 3.58. The molecule has 0 fully saturated rings. The third-order valence-electron chi connectivity index (χ3n) is 3.05. The number of carbonyl (C=O) groups is 1. The van der Waals surface area contributed by atoms with E-state index in [0.717, 1.165) is 20.4 Å². The number of aliphatic hydroxyl groups excluding tert-OH is 1. The van der Waals surface area contributed by atoms with Crippen molar-refractivity contribution in [3.8, 4) is 0 Å². The summed E-state index contributed by atoms with van der Waals surface area (Å²) in [6.07, 6.45) is 0.629. The third-order valence-corrected chi connectivity index (χ3v) is 4.48. The highest BCUT2D eigenvalue weighted by molar-refractivity contribution is 14.1. The van der Waals surface area contributed by atoms with Gasteiger partial charge in [0.1, 0.15) is 0 Å². The monoisotopic (exact) mass is 381 g/mol. The van der Waals surface area contributed by atoms with Crippen molar-refractivity contribution in [3.05, 3.63) is 62.7 Å². The quantitative estimate of drug-likeness (QED) is 0.798. The largest absolute Gasteiger partial charge is 0.396 e. The van der Waals surface area contributed by atoms with Crippen LogP contribution >= 0.6 is 22.6 Å². The van der Waals surface area contributed by atoms with Crippen LogP contribution in [0.4, 0.5) is 5.69 Å². The van der Waals surface area contributed by atoms with Gasteiger partial charge in [0.05, 0.1) is 5.56 Å². The number of hydrogen-bond acceptors (Lipinski definition) is 2. The predicted octanol–water partition coefficient (Wildman–Crippen LogP) is 3.39. The Bertz CT molecular complexity index is 608. The smallest absolute Gasteiger partial charge is 0.256 e. The summed E-state index contributed by atoms with van der Waals surface area (Å²) in [5, 5.41) is 11.8. The molecule has 0 aliphatic heterocycles. The first-order valence-corrected chi connectivity index (χ1v) is 7.46. The lowest BCUT2D eigenvalue weighted by molar-refractivity contribution is 0.102. The van der Waals surface area contributed by atoms with Gasteiger partial charge in [0.25, 0.3) is 5.91 Å². The van der Waals surface area contributed by atoms with Gasteiger partial charge >= 0.3 is 0 Å². The van der Waals surface area contributed by atoms with Gasteiger partial charge < -0.3 is 10.4 Å². The van der Waals surface area contributed by atoms with Crippen LogP contribution < -0.4 is 5.32 Å². The maximum atomic E-state index is 12.2. The van der Waals surface area contributed by atoms with Gasteiger partial charge in [-0.2, -0.15) is 0 Å². The highest BCUT2D eigenvalue weighted by Crippen LogP contribution is 2.18. The molecule has 0 saturated carbocycles. The fraction of sp³-hybridized carbons (Fsp3) is 0.188. The molecule has 0 aromatic heterocycles. The summed E-state index contributed by atoms with van der Waals surface area (Å²) in [5.74, 6) is -0.104. The van der Waals surface area contributed by atoms with E-state index in [2.05, 4.69) is 27.9 Å². The number of aryl methyl sites for hydroxylation is 1. The van der Waals surface area contributed by atoms with Crippen molar-refractivity contribution in [2.75, 3.05) is 11.9 Å². The summed E-state index contributed by atoms with van der Waals surface area (Å²) >= 11 is 2.19. The topological polar surface area (TPSA) is 49.3 Å². The second-order valence-electron chi connectivity index (χ2n) is 4.56. The van der Waals surface area contributed by atoms with Crippen LogP contribution in [0.15, 0.2) is 42.5 Å². The second-order valence-corrected chi connectivity index (χ2v) is 5.64. The molecule has 2 N–H and O–H groups in total. The fourth-order valence-electron chi connectivity index (χ4n) is 1.91. The van der Waals surface area contributed by atoms with E-state index in [1.54, 1.807) is 0 Å². The predicted molar refractivity (Wildman–Crippen MR) is 89.1 cm³/mol. The molecule has 1 amide bonds. The fourth-order valence-corrected chi connectivity index (χ4v) is 2.51. The molecule has 2 aromatic rings. The molecule has 0 spiro atoms. The lowest BCUT2D eigenvalue weighted by atomic mass is 10.1. The molecule has 0 saturated heterocycles. The van der Waals surface area contributed by atoms with Gasteiger partial charge in [0.2, 0.25) is 0 Å². The van der Waals surface area contributed by atoms with Crippen LogP contribution in [0.5, 0.6) is 0 Å². The van der Waals surface area contributed by atoms with E-state index in [4.69, 9.17) is 5.11 Å². The Morgan fingerprint density at radius 1 is 1.20 bits per heavy atom. The Labute approximate surface area is 132 Å². The average molecular weight is 381 g/mol. The van der Waals surface area contributed by atoms with Gasteiger partial charge in [-0.25, -0.2) is 0 Å². The van der Waals surface area contributed by atoms with Crippen molar-refractivity contribution in [1.29, 1.82) is 0 Å². The molecule has 0 atom stereocenters. The number of aliphatic hydroxyl groups is 1. The number of amides is 1. The number of carbonyl (C=O) groups excluding carboxylic acids is 1. The van der Waals surface area contributed by atoms with Crippen LogP contribution in [0.25, 0.3) is 0 Å². The van der Waals surface area contributed by atoms with Crippen molar-refractivity contribution in [2.45, 2.75) is 13.3 Å². The average Bonchev–Trinajstić information content (AvgIpc) is 2.44. The molecule has 0 aliphatic rings. The lowest BCUT2D eigenvalue weighted by Crippen LogP contribution is -2.13. The second kappa shape index (κ2) is 6.85. The van der Waals surface area contributed by atoms with Gasteiger partial charge in [0, 0.05) is 15.9 Å². The summed E-state index contributed by atoms with van der Waals surface area (Å²) in [5.41, 5.74) is 3.59. The molecular weight excluding hydrogens is 365 g/mol. The van der Waals surface area contributed by atoms with E-state index >= 15 is 0 Å². The number of benzene rings is 2. The maximum absolute atomic E-state index is 12.2. The van der Waals surface area contributed by atoms with Gasteiger partial charge in [-0.05, 0) is 65.3 Å². The Morgan fingerprint density at radius 2 is 1.90 bits per heavy atom. The zero-order chi connectivity index (χ0) is 14.5. The van der Waals surface area contributed by atoms with E-state index in [-0.39, 0.29) is 12.5 Å². The first-order chi connectivity index (χ1) is 9.61. The summed E-state index contributed by atoms with van der Waals surface area (Å²) in [6, 6.07) is 13.2. The molecule has 104 valence electrons. The summed E-state index contributed by atoms with van der Waals surface area (Å²) < 4.78 is 0.972. The SMILES string of the molecule is Cc1cccc(C(=O)Nc2ccc(CCO)cc2)c1I. The first kappa shape index (κ1) is 15.0. The Balaban J connectivity index is 2.13. The van der Waals surface area contributed by atoms with Crippen molar-refractivity contribution < 1.29 is 9.90 Å². The van der Waals surface area contributed by atoms with Gasteiger partial charge in [-0.3, -0.25) is 4.79 Å². The Morgan fingerprint density at radius 3 is 2.55 bits per heavy atom. The summed E-state index contributed by atoms with van der Waals surface area (Å²) in [7, 11) is 0. The van der Waals surface area contributed by atoms with Crippen molar-refractivity contribution >= 4 is 34.2 Å². The van der Waals surface area contributed by atoms with Gasteiger partial charge in [-0.15, -0.1) is 0 Å². The Kier molecular flexibility index (Phi) is 5.14. The highest BCUT2D eigenvalue weighted by Gasteiger charge is 2.11. The molecule has 3 nitrogen and oxygen atoms in total. The van der Waals surface area contributed by atoms with E-state index in [1.165, 1.54) is 0 Å². The van der Waals surface area contributed by atoms with Crippen LogP contribution in [-0.4, -0.2) is 17.6 Å². The van der Waals surface area contributed by atoms with E-state index in [1.807, 2.05) is 49.4 Å². The minimum Gasteiger partial charge on any atom is -0.396 e. The zero-order valence-corrected chi connectivity index (χ0v) is 13.3. The molecular formula is C16H16INO2. The standard InChI is InChI=1S/C16H16INO2/c1-11-3-2-4-14(15(11)17)16(20)18-13-7-5-12(6-8-13)9-10-19/h2-8,19H,9-10H2,1H3,(H,18,20). The summed E-state index contributed by atoms with van der Waals surface area (Å²) in [4.78, 5) is 12.2. The van der Waals surface area contributed by atoms with Crippen molar-refractivity contribution in [1.82, 2.24) is 0 Å². The van der Waals surface area contributed by atoms with E-state index in [9.17, 15) is 4.79 Å². The van der Waals surface area contributed by atoms with Crippen LogP contribution in [0, 0.1) is 10.5 Å². The first-order valence-electron chi connectivity index (χ1n) is 6.38. The minimum atomic E-state index is -0.104. The van der Waals surface area contributed by atoms with E-state index < -0.39 is 0 Å². The molecule has 4 heteroatoms. The van der Waals surface area contributed by atoms with Crippen LogP contribution in [0.2, 0.25) is 0 Å². The van der Waals surface area contributed by atoms with Crippen LogP contribution in [0.3, 0.4) is 0 Å². The molecule has 0 heterocycles. The maximum Gasteiger partial charge on any atom is 0.256 e. The van der Waals surface area contributed by atoms with E-state index in [0.29, 0.717) is 12.0 Å². The summed E-state index contributed by atoms with van der Waals surface area (Å²) in [6.45, 7) is 2.12. The highest BCUT2D eigenvalue weighted by atomic mass is 127. The molecule has 0 bridgehead atoms.